The van der Waals surface area contributed by atoms with Crippen LogP contribution in [0.25, 0.3) is 0 Å². The Hall–Kier alpha value is -2.13. The van der Waals surface area contributed by atoms with E-state index in [1.165, 1.54) is 16.4 Å². The number of hydrogen-bond acceptors (Lipinski definition) is 5. The Morgan fingerprint density at radius 3 is 2.56 bits per heavy atom. The number of carbonyl (C=O) groups excluding carboxylic acids is 1. The van der Waals surface area contributed by atoms with E-state index in [1.807, 2.05) is 0 Å². The van der Waals surface area contributed by atoms with E-state index in [1.54, 1.807) is 26.0 Å². The molecule has 0 aliphatic rings. The number of nitrogens with two attached hydrogens (primary N) is 1. The predicted octanol–water partition coefficient (Wildman–Crippen LogP) is 2.38. The molecule has 0 aliphatic heterocycles. The van der Waals surface area contributed by atoms with Crippen LogP contribution in [0.4, 0.5) is 5.69 Å². The van der Waals surface area contributed by atoms with Crippen LogP contribution in [0.5, 0.6) is 0 Å². The lowest BCUT2D eigenvalue weighted by molar-refractivity contribution is -0.120. The minimum atomic E-state index is -3.59. The van der Waals surface area contributed by atoms with Crippen molar-refractivity contribution in [3.8, 4) is 0 Å². The Morgan fingerprint density at radius 2 is 1.96 bits per heavy atom. The van der Waals surface area contributed by atoms with Gasteiger partial charge in [0.1, 0.15) is 5.84 Å². The molecule has 152 valence electrons. The van der Waals surface area contributed by atoms with Crippen LogP contribution >= 0.6 is 0 Å². The van der Waals surface area contributed by atoms with Gasteiger partial charge in [0.15, 0.2) is 6.61 Å². The zero-order valence-corrected chi connectivity index (χ0v) is 17.3. The van der Waals surface area contributed by atoms with Gasteiger partial charge in [-0.05, 0) is 30.5 Å². The molecule has 0 fully saturated rings. The zero-order chi connectivity index (χ0) is 20.4. The lowest BCUT2D eigenvalue weighted by Gasteiger charge is -2.18. The number of benzene rings is 1. The van der Waals surface area contributed by atoms with Gasteiger partial charge in [-0.1, -0.05) is 38.9 Å². The molecule has 0 atom stereocenters. The van der Waals surface area contributed by atoms with Crippen molar-refractivity contribution in [2.45, 2.75) is 45.4 Å². The summed E-state index contributed by atoms with van der Waals surface area (Å²) in [5.74, 6) is 0.388. The van der Waals surface area contributed by atoms with Crippen LogP contribution in [-0.4, -0.2) is 44.2 Å². The number of anilines is 1. The van der Waals surface area contributed by atoms with Gasteiger partial charge >= 0.3 is 0 Å². The third-order valence-electron chi connectivity index (χ3n) is 3.82. The number of sulfonamides is 1. The molecule has 0 bridgehead atoms. The second-order valence-electron chi connectivity index (χ2n) is 6.45. The highest BCUT2D eigenvalue weighted by Crippen LogP contribution is 2.19. The highest BCUT2D eigenvalue weighted by molar-refractivity contribution is 7.89. The maximum atomic E-state index is 12.5. The Balaban J connectivity index is 2.67. The van der Waals surface area contributed by atoms with E-state index in [2.05, 4.69) is 24.3 Å². The summed E-state index contributed by atoms with van der Waals surface area (Å²) in [5, 5.41) is 6.31. The van der Waals surface area contributed by atoms with Gasteiger partial charge < -0.3 is 15.9 Å². The summed E-state index contributed by atoms with van der Waals surface area (Å²) in [6.07, 6.45) is 1.49. The fourth-order valence-corrected chi connectivity index (χ4v) is 3.80. The van der Waals surface area contributed by atoms with Crippen LogP contribution in [0.1, 0.15) is 40.5 Å². The van der Waals surface area contributed by atoms with Crippen LogP contribution in [-0.2, 0) is 19.7 Å². The first-order chi connectivity index (χ1) is 12.7. The topological polar surface area (TPSA) is 114 Å². The second-order valence-corrected chi connectivity index (χ2v) is 8.39. The highest BCUT2D eigenvalue weighted by Gasteiger charge is 2.21. The number of nitrogens with one attached hydrogen (secondary N) is 1. The summed E-state index contributed by atoms with van der Waals surface area (Å²) < 4.78 is 26.4. The molecule has 1 aromatic rings. The van der Waals surface area contributed by atoms with Gasteiger partial charge in [-0.2, -0.15) is 4.31 Å². The van der Waals surface area contributed by atoms with Crippen molar-refractivity contribution in [1.82, 2.24) is 4.31 Å². The van der Waals surface area contributed by atoms with Gasteiger partial charge in [0, 0.05) is 25.2 Å². The van der Waals surface area contributed by atoms with E-state index < -0.39 is 15.9 Å². The first kappa shape index (κ1) is 22.9. The molecule has 0 spiro atoms. The highest BCUT2D eigenvalue weighted by atomic mass is 32.2. The molecule has 3 N–H and O–H groups in total. The third kappa shape index (κ3) is 7.56. The van der Waals surface area contributed by atoms with Crippen LogP contribution in [0.3, 0.4) is 0 Å². The third-order valence-corrected chi connectivity index (χ3v) is 5.86. The lowest BCUT2D eigenvalue weighted by atomic mass is 10.1. The quantitative estimate of drug-likeness (QED) is 0.337. The standard InChI is InChI=1S/C18H30N4O4S/c1-5-22(6-2)27(24,25)16-9-7-8-15(12-16)20-18(23)13-26-21-17(19)11-10-14(3)4/h7-9,12,14H,5-6,10-11,13H2,1-4H3,(H2,19,21)(H,20,23). The summed E-state index contributed by atoms with van der Waals surface area (Å²) in [5.41, 5.74) is 6.07. The Kier molecular flexibility index (Phi) is 9.23. The number of oxime groups is 1. The minimum absolute atomic E-state index is 0.126. The van der Waals surface area contributed by atoms with Crippen molar-refractivity contribution in [3.63, 3.8) is 0 Å². The minimum Gasteiger partial charge on any atom is -0.384 e. The fraction of sp³-hybridized carbons (Fsp3) is 0.556. The Bertz CT molecular complexity index is 743. The normalized spacial score (nSPS) is 12.4. The van der Waals surface area contributed by atoms with E-state index >= 15 is 0 Å². The number of amides is 1. The molecule has 1 rings (SSSR count). The molecule has 1 aromatic carbocycles. The molecule has 0 heterocycles. The average Bonchev–Trinajstić information content (AvgIpc) is 2.61. The van der Waals surface area contributed by atoms with Crippen LogP contribution in [0.2, 0.25) is 0 Å². The molecule has 1 amide bonds. The van der Waals surface area contributed by atoms with E-state index in [9.17, 15) is 13.2 Å². The summed E-state index contributed by atoms with van der Waals surface area (Å²) in [7, 11) is -3.59. The summed E-state index contributed by atoms with van der Waals surface area (Å²) in [4.78, 5) is 17.0. The van der Waals surface area contributed by atoms with Crippen molar-refractivity contribution in [2.75, 3.05) is 25.0 Å². The van der Waals surface area contributed by atoms with Gasteiger partial charge in [-0.25, -0.2) is 8.42 Å². The monoisotopic (exact) mass is 398 g/mol. The van der Waals surface area contributed by atoms with Crippen molar-refractivity contribution in [3.05, 3.63) is 24.3 Å². The number of nitrogens with zero attached hydrogens (tertiary/aromatic N) is 2. The van der Waals surface area contributed by atoms with E-state index in [4.69, 9.17) is 10.6 Å². The molecule has 0 unspecified atom stereocenters. The van der Waals surface area contributed by atoms with Gasteiger partial charge in [0.25, 0.3) is 5.91 Å². The number of hydrogen-bond donors (Lipinski definition) is 2. The first-order valence-electron chi connectivity index (χ1n) is 9.05. The molecule has 0 saturated carbocycles. The average molecular weight is 399 g/mol. The van der Waals surface area contributed by atoms with E-state index in [0.29, 0.717) is 37.0 Å². The summed E-state index contributed by atoms with van der Waals surface area (Å²) in [6, 6.07) is 6.11. The largest absolute Gasteiger partial charge is 0.384 e. The number of carbonyl (C=O) groups is 1. The molecule has 0 aliphatic carbocycles. The molecular formula is C18H30N4O4S. The van der Waals surface area contributed by atoms with Crippen molar-refractivity contribution in [2.24, 2.45) is 16.8 Å². The second kappa shape index (κ2) is 10.9. The van der Waals surface area contributed by atoms with Crippen LogP contribution < -0.4 is 11.1 Å². The maximum Gasteiger partial charge on any atom is 0.265 e. The van der Waals surface area contributed by atoms with E-state index in [-0.39, 0.29) is 11.5 Å². The first-order valence-corrected chi connectivity index (χ1v) is 10.5. The molecule has 8 nitrogen and oxygen atoms in total. The van der Waals surface area contributed by atoms with Gasteiger partial charge in [0.2, 0.25) is 10.0 Å². The van der Waals surface area contributed by atoms with Crippen molar-refractivity contribution < 1.29 is 18.0 Å². The molecule has 0 aromatic heterocycles. The van der Waals surface area contributed by atoms with Gasteiger partial charge in [0.05, 0.1) is 4.90 Å². The van der Waals surface area contributed by atoms with Gasteiger partial charge in [-0.15, -0.1) is 0 Å². The predicted molar refractivity (Wildman–Crippen MR) is 107 cm³/mol. The lowest BCUT2D eigenvalue weighted by Crippen LogP contribution is -2.30. The smallest absolute Gasteiger partial charge is 0.265 e. The SMILES string of the molecule is CCN(CC)S(=O)(=O)c1cccc(NC(=O)CO/N=C(\N)CCC(C)C)c1. The molecule has 0 saturated heterocycles. The zero-order valence-electron chi connectivity index (χ0n) is 16.4. The van der Waals surface area contributed by atoms with Crippen molar-refractivity contribution >= 4 is 27.5 Å². The van der Waals surface area contributed by atoms with Crippen LogP contribution in [0, 0.1) is 5.92 Å². The molecular weight excluding hydrogens is 368 g/mol. The summed E-state index contributed by atoms with van der Waals surface area (Å²) >= 11 is 0. The molecule has 0 radical (unpaired) electrons. The maximum absolute atomic E-state index is 12.5. The number of rotatable bonds is 11. The van der Waals surface area contributed by atoms with Crippen LogP contribution in [0.15, 0.2) is 34.3 Å². The Labute approximate surface area is 161 Å². The molecule has 9 heteroatoms. The van der Waals surface area contributed by atoms with E-state index in [0.717, 1.165) is 6.42 Å². The molecule has 27 heavy (non-hydrogen) atoms. The van der Waals surface area contributed by atoms with Crippen molar-refractivity contribution in [1.29, 1.82) is 0 Å². The Morgan fingerprint density at radius 1 is 1.30 bits per heavy atom. The van der Waals surface area contributed by atoms with Gasteiger partial charge in [-0.3, -0.25) is 4.79 Å². The fourth-order valence-electron chi connectivity index (χ4n) is 2.30. The number of amidine groups is 1. The summed E-state index contributed by atoms with van der Waals surface area (Å²) in [6.45, 7) is 8.15.